The fourth-order valence-electron chi connectivity index (χ4n) is 2.80. The third-order valence-electron chi connectivity index (χ3n) is 3.80. The maximum Gasteiger partial charge on any atom is 0.0412 e. The van der Waals surface area contributed by atoms with E-state index in [2.05, 4.69) is 12.1 Å². The molecular weight excluding hydrogens is 311 g/mol. The van der Waals surface area contributed by atoms with Gasteiger partial charge in [-0.15, -0.1) is 0 Å². The zero-order chi connectivity index (χ0) is 15.1. The Morgan fingerprint density at radius 1 is 0.591 bits per heavy atom. The maximum atomic E-state index is 6.10. The third-order valence-corrected chi connectivity index (χ3v) is 4.27. The monoisotopic (exact) mass is 320 g/mol. The summed E-state index contributed by atoms with van der Waals surface area (Å²) in [6.07, 6.45) is 0. The van der Waals surface area contributed by atoms with E-state index in [4.69, 9.17) is 23.2 Å². The summed E-state index contributed by atoms with van der Waals surface area (Å²) < 4.78 is 0. The van der Waals surface area contributed by atoms with Crippen molar-refractivity contribution in [2.45, 2.75) is 0 Å². The van der Waals surface area contributed by atoms with Crippen molar-refractivity contribution in [1.29, 1.82) is 0 Å². The topological polar surface area (TPSA) is 0 Å². The van der Waals surface area contributed by atoms with Crippen LogP contribution in [0.5, 0.6) is 0 Å². The number of hydrogen-bond donors (Lipinski definition) is 0. The van der Waals surface area contributed by atoms with E-state index in [1.165, 1.54) is 0 Å². The molecule has 0 aliphatic carbocycles. The molecule has 0 unspecified atom stereocenters. The Hall–Kier alpha value is -2.02. The van der Waals surface area contributed by atoms with Gasteiger partial charge in [-0.3, -0.25) is 0 Å². The molecule has 4 aromatic carbocycles. The summed E-state index contributed by atoms with van der Waals surface area (Å²) >= 11 is 12.2. The van der Waals surface area contributed by atoms with Crippen LogP contribution in [0.4, 0.5) is 0 Å². The molecule has 0 heterocycles. The summed E-state index contributed by atoms with van der Waals surface area (Å²) in [4.78, 5) is 0. The fourth-order valence-corrected chi connectivity index (χ4v) is 3.16. The van der Waals surface area contributed by atoms with E-state index >= 15 is 0 Å². The van der Waals surface area contributed by atoms with Crippen LogP contribution in [0.3, 0.4) is 0 Å². The van der Waals surface area contributed by atoms with Gasteiger partial charge in [-0.2, -0.15) is 0 Å². The number of rotatable bonds is 1. The largest absolute Gasteiger partial charge is 0.0843 e. The number of fused-ring (bicyclic) bond motifs is 2. The minimum Gasteiger partial charge on any atom is -0.0843 e. The molecule has 0 spiro atoms. The number of benzene rings is 4. The van der Waals surface area contributed by atoms with Gasteiger partial charge in [0.05, 0.1) is 0 Å². The lowest BCUT2D eigenvalue weighted by Crippen LogP contribution is -1.85. The molecule has 22 heavy (non-hydrogen) atoms. The first-order chi connectivity index (χ1) is 10.7. The average Bonchev–Trinajstić information content (AvgIpc) is 2.53. The molecule has 0 atom stereocenters. The van der Waals surface area contributed by atoms with Crippen molar-refractivity contribution in [2.75, 3.05) is 0 Å². The molecule has 4 rings (SSSR count). The number of hydrogen-bond acceptors (Lipinski definition) is 0. The quantitative estimate of drug-likeness (QED) is 0.372. The Bertz CT molecular complexity index is 920. The standard InChI is InChI=1S/C20H10Cl2/c21-15-7-9-17-13(11-15)3-1-5-19(17)20-6-2-4-14-12-16(22)8-10-18(14)20/h1-4,7-12H. The van der Waals surface area contributed by atoms with Crippen molar-refractivity contribution in [3.05, 3.63) is 82.8 Å². The van der Waals surface area contributed by atoms with Crippen LogP contribution in [-0.4, -0.2) is 0 Å². The Kier molecular flexibility index (Phi) is 3.29. The van der Waals surface area contributed by atoms with Crippen molar-refractivity contribution < 1.29 is 0 Å². The van der Waals surface area contributed by atoms with Crippen LogP contribution >= 0.6 is 23.2 Å². The summed E-state index contributed by atoms with van der Waals surface area (Å²) in [5, 5.41) is 5.90. The molecule has 0 nitrogen and oxygen atoms in total. The molecule has 0 amide bonds. The Morgan fingerprint density at radius 2 is 1.05 bits per heavy atom. The van der Waals surface area contributed by atoms with Gasteiger partial charge in [-0.1, -0.05) is 59.6 Å². The maximum absolute atomic E-state index is 6.10. The minimum atomic E-state index is 0.735. The zero-order valence-corrected chi connectivity index (χ0v) is 13.0. The lowest BCUT2D eigenvalue weighted by Gasteiger charge is -2.10. The molecular formula is C20H10Cl2. The van der Waals surface area contributed by atoms with E-state index in [0.29, 0.717) is 0 Å². The van der Waals surface area contributed by atoms with Crippen molar-refractivity contribution in [2.24, 2.45) is 0 Å². The molecule has 0 N–H and O–H groups in total. The smallest absolute Gasteiger partial charge is 0.0412 e. The van der Waals surface area contributed by atoms with Crippen LogP contribution in [0.1, 0.15) is 0 Å². The van der Waals surface area contributed by atoms with Crippen LogP contribution in [0.15, 0.2) is 60.7 Å². The van der Waals surface area contributed by atoms with E-state index in [-0.39, 0.29) is 0 Å². The molecule has 0 aliphatic rings. The predicted octanol–water partition coefficient (Wildman–Crippen LogP) is 6.57. The van der Waals surface area contributed by atoms with Crippen LogP contribution in [0.25, 0.3) is 32.7 Å². The van der Waals surface area contributed by atoms with Crippen molar-refractivity contribution in [1.82, 2.24) is 0 Å². The van der Waals surface area contributed by atoms with Crippen molar-refractivity contribution in [3.63, 3.8) is 0 Å². The van der Waals surface area contributed by atoms with Crippen molar-refractivity contribution >= 4 is 44.7 Å². The second-order valence-electron chi connectivity index (χ2n) is 5.17. The Morgan fingerprint density at radius 3 is 1.50 bits per heavy atom. The normalized spacial score (nSPS) is 11.2. The molecule has 2 heteroatoms. The van der Waals surface area contributed by atoms with Crippen molar-refractivity contribution in [3.8, 4) is 11.1 Å². The fraction of sp³-hybridized carbons (Fsp3) is 0. The number of halogens is 2. The van der Waals surface area contributed by atoms with Crippen LogP contribution < -0.4 is 0 Å². The molecule has 0 saturated heterocycles. The highest BCUT2D eigenvalue weighted by atomic mass is 35.5. The van der Waals surface area contributed by atoms with E-state index in [1.807, 2.05) is 60.7 Å². The highest BCUT2D eigenvalue weighted by Gasteiger charge is 2.08. The molecule has 2 radical (unpaired) electrons. The lowest BCUT2D eigenvalue weighted by molar-refractivity contribution is 1.66. The SMILES string of the molecule is Clc1ccc2c(-c3[c]ccc4cc(Cl)ccc34)[c]ccc2c1. The van der Waals surface area contributed by atoms with Crippen LogP contribution in [-0.2, 0) is 0 Å². The van der Waals surface area contributed by atoms with Gasteiger partial charge in [0.1, 0.15) is 0 Å². The van der Waals surface area contributed by atoms with Gasteiger partial charge in [-0.05, 0) is 69.1 Å². The van der Waals surface area contributed by atoms with Gasteiger partial charge >= 0.3 is 0 Å². The second kappa shape index (κ2) is 5.31. The first kappa shape index (κ1) is 13.6. The molecule has 0 aromatic heterocycles. The van der Waals surface area contributed by atoms with Crippen LogP contribution in [0.2, 0.25) is 10.0 Å². The molecule has 0 aliphatic heterocycles. The summed E-state index contributed by atoms with van der Waals surface area (Å²) in [5.41, 5.74) is 2.06. The first-order valence-corrected chi connectivity index (χ1v) is 7.68. The van der Waals surface area contributed by atoms with Crippen LogP contribution in [0, 0.1) is 12.1 Å². The average molecular weight is 321 g/mol. The van der Waals surface area contributed by atoms with Gasteiger partial charge in [-0.25, -0.2) is 0 Å². The van der Waals surface area contributed by atoms with Gasteiger partial charge in [0.2, 0.25) is 0 Å². The van der Waals surface area contributed by atoms with E-state index < -0.39 is 0 Å². The van der Waals surface area contributed by atoms with Gasteiger partial charge in [0, 0.05) is 10.0 Å². The summed E-state index contributed by atoms with van der Waals surface area (Å²) in [7, 11) is 0. The Balaban J connectivity index is 2.07. The predicted molar refractivity (Wildman–Crippen MR) is 94.6 cm³/mol. The molecule has 104 valence electrons. The third kappa shape index (κ3) is 2.25. The molecule has 0 saturated carbocycles. The lowest BCUT2D eigenvalue weighted by atomic mass is 9.94. The zero-order valence-electron chi connectivity index (χ0n) is 11.5. The summed E-state index contributed by atoms with van der Waals surface area (Å²) in [6.45, 7) is 0. The Labute approximate surface area is 138 Å². The first-order valence-electron chi connectivity index (χ1n) is 6.93. The van der Waals surface area contributed by atoms with Gasteiger partial charge < -0.3 is 0 Å². The highest BCUT2D eigenvalue weighted by Crippen LogP contribution is 2.34. The molecule has 0 bridgehead atoms. The van der Waals surface area contributed by atoms with E-state index in [1.54, 1.807) is 0 Å². The second-order valence-corrected chi connectivity index (χ2v) is 6.04. The molecule has 0 fully saturated rings. The van der Waals surface area contributed by atoms with Gasteiger partial charge in [0.25, 0.3) is 0 Å². The summed E-state index contributed by atoms with van der Waals surface area (Å²) in [6, 6.07) is 26.4. The minimum absolute atomic E-state index is 0.735. The molecule has 4 aromatic rings. The van der Waals surface area contributed by atoms with E-state index in [9.17, 15) is 0 Å². The highest BCUT2D eigenvalue weighted by molar-refractivity contribution is 6.32. The summed E-state index contributed by atoms with van der Waals surface area (Å²) in [5.74, 6) is 0. The van der Waals surface area contributed by atoms with E-state index in [0.717, 1.165) is 42.7 Å². The van der Waals surface area contributed by atoms with Gasteiger partial charge in [0.15, 0.2) is 0 Å².